The molecule has 4 aromatic heterocycles. The Balaban J connectivity index is 1.32. The molecule has 4 aromatic rings. The van der Waals surface area contributed by atoms with Gasteiger partial charge < -0.3 is 24.4 Å². The highest BCUT2D eigenvalue weighted by molar-refractivity contribution is 7.18. The van der Waals surface area contributed by atoms with Crippen LogP contribution in [0.1, 0.15) is 35.4 Å². The third-order valence-corrected chi connectivity index (χ3v) is 7.80. The van der Waals surface area contributed by atoms with Crippen molar-refractivity contribution >= 4 is 39.0 Å². The number of fused-ring (bicyclic) bond motifs is 1. The van der Waals surface area contributed by atoms with E-state index in [4.69, 9.17) is 24.2 Å². The first kappa shape index (κ1) is 27.9. The predicted molar refractivity (Wildman–Crippen MR) is 156 cm³/mol. The summed E-state index contributed by atoms with van der Waals surface area (Å²) in [5.41, 5.74) is 3.23. The SMILES string of the molecule is Cc1ccc(NC(=O)CN(C)c2nc(-c3cc(OCCOC4CCCCO4)ccn3)nc3sc(C)c(C)c23)cn1. The minimum Gasteiger partial charge on any atom is -0.491 e. The Hall–Kier alpha value is -3.67. The number of likely N-dealkylation sites (N-methyl/N-ethyl adjacent to an activating group) is 1. The number of anilines is 2. The molecule has 1 fully saturated rings. The quantitative estimate of drug-likeness (QED) is 0.265. The van der Waals surface area contributed by atoms with Crippen molar-refractivity contribution in [3.05, 3.63) is 52.8 Å². The van der Waals surface area contributed by atoms with Gasteiger partial charge >= 0.3 is 0 Å². The zero-order valence-corrected chi connectivity index (χ0v) is 24.1. The van der Waals surface area contributed by atoms with Gasteiger partial charge in [0.15, 0.2) is 12.1 Å². The molecular formula is C29H34N6O4S. The maximum Gasteiger partial charge on any atom is 0.243 e. The molecule has 5 rings (SSSR count). The molecule has 0 spiro atoms. The van der Waals surface area contributed by atoms with Crippen molar-refractivity contribution in [2.75, 3.05) is 43.6 Å². The van der Waals surface area contributed by atoms with Gasteiger partial charge in [-0.05, 0) is 63.8 Å². The van der Waals surface area contributed by atoms with Crippen LogP contribution in [0, 0.1) is 20.8 Å². The lowest BCUT2D eigenvalue weighted by atomic mass is 10.2. The van der Waals surface area contributed by atoms with Crippen LogP contribution < -0.4 is 15.0 Å². The van der Waals surface area contributed by atoms with E-state index >= 15 is 0 Å². The number of hydrogen-bond donors (Lipinski definition) is 1. The number of nitrogens with one attached hydrogen (secondary N) is 1. The minimum atomic E-state index is -0.166. The standard InChI is InChI=1S/C29H34N6O4S/c1-18-8-9-21(16-31-18)32-24(36)17-35(4)28-26-19(2)20(3)40-29(26)34-27(33-28)23-15-22(10-11-30-23)37-13-14-39-25-7-5-6-12-38-25/h8-11,15-16,25H,5-7,12-14,17H2,1-4H3,(H,32,36). The molecule has 1 unspecified atom stereocenters. The van der Waals surface area contributed by atoms with Crippen molar-refractivity contribution in [1.29, 1.82) is 0 Å². The van der Waals surface area contributed by atoms with E-state index in [2.05, 4.69) is 29.1 Å². The van der Waals surface area contributed by atoms with E-state index in [1.54, 1.807) is 29.8 Å². The fourth-order valence-electron chi connectivity index (χ4n) is 4.46. The van der Waals surface area contributed by atoms with Crippen molar-refractivity contribution in [2.45, 2.75) is 46.3 Å². The van der Waals surface area contributed by atoms with E-state index in [9.17, 15) is 4.79 Å². The van der Waals surface area contributed by atoms with E-state index < -0.39 is 0 Å². The highest BCUT2D eigenvalue weighted by Gasteiger charge is 2.21. The molecule has 210 valence electrons. The number of carbonyl (C=O) groups excluding carboxylic acids is 1. The summed E-state index contributed by atoms with van der Waals surface area (Å²) in [5, 5.41) is 3.84. The Kier molecular flexibility index (Phi) is 8.83. The monoisotopic (exact) mass is 562 g/mol. The van der Waals surface area contributed by atoms with Gasteiger partial charge in [0.25, 0.3) is 0 Å². The Morgan fingerprint density at radius 2 is 2.02 bits per heavy atom. The third-order valence-electron chi connectivity index (χ3n) is 6.70. The predicted octanol–water partition coefficient (Wildman–Crippen LogP) is 5.07. The fourth-order valence-corrected chi connectivity index (χ4v) is 5.48. The molecule has 40 heavy (non-hydrogen) atoms. The lowest BCUT2D eigenvalue weighted by molar-refractivity contribution is -0.165. The van der Waals surface area contributed by atoms with Crippen molar-refractivity contribution in [3.8, 4) is 17.3 Å². The summed E-state index contributed by atoms with van der Waals surface area (Å²) < 4.78 is 17.3. The van der Waals surface area contributed by atoms with Crippen molar-refractivity contribution in [1.82, 2.24) is 19.9 Å². The van der Waals surface area contributed by atoms with Crippen LogP contribution in [-0.4, -0.2) is 65.5 Å². The van der Waals surface area contributed by atoms with Gasteiger partial charge in [0.2, 0.25) is 5.91 Å². The second-order valence-electron chi connectivity index (χ2n) is 9.82. The molecule has 0 radical (unpaired) electrons. The van der Waals surface area contributed by atoms with Crippen LogP contribution in [0.4, 0.5) is 11.5 Å². The molecule has 1 aliphatic rings. The number of rotatable bonds is 10. The lowest BCUT2D eigenvalue weighted by Gasteiger charge is -2.22. The smallest absolute Gasteiger partial charge is 0.243 e. The highest BCUT2D eigenvalue weighted by Crippen LogP contribution is 2.36. The highest BCUT2D eigenvalue weighted by atomic mass is 32.1. The van der Waals surface area contributed by atoms with Gasteiger partial charge in [0, 0.05) is 36.5 Å². The van der Waals surface area contributed by atoms with Crippen LogP contribution in [-0.2, 0) is 14.3 Å². The van der Waals surface area contributed by atoms with Gasteiger partial charge in [-0.15, -0.1) is 11.3 Å². The summed E-state index contributed by atoms with van der Waals surface area (Å²) in [7, 11) is 1.86. The normalized spacial score (nSPS) is 15.2. The first-order chi connectivity index (χ1) is 19.4. The topological polar surface area (TPSA) is 112 Å². The van der Waals surface area contributed by atoms with Gasteiger partial charge in [-0.1, -0.05) is 0 Å². The molecular weight excluding hydrogens is 528 g/mol. The van der Waals surface area contributed by atoms with Crippen LogP contribution >= 0.6 is 11.3 Å². The van der Waals surface area contributed by atoms with Crippen molar-refractivity contribution in [3.63, 3.8) is 0 Å². The Morgan fingerprint density at radius 3 is 2.80 bits per heavy atom. The molecule has 1 amide bonds. The largest absolute Gasteiger partial charge is 0.491 e. The molecule has 5 heterocycles. The molecule has 11 heteroatoms. The Labute approximate surface area is 237 Å². The van der Waals surface area contributed by atoms with E-state index in [1.807, 2.05) is 37.1 Å². The lowest BCUT2D eigenvalue weighted by Crippen LogP contribution is -2.31. The summed E-state index contributed by atoms with van der Waals surface area (Å²) in [6.07, 6.45) is 6.32. The van der Waals surface area contributed by atoms with Gasteiger partial charge in [-0.25, -0.2) is 9.97 Å². The first-order valence-electron chi connectivity index (χ1n) is 13.4. The maximum atomic E-state index is 12.9. The second kappa shape index (κ2) is 12.7. The van der Waals surface area contributed by atoms with Crippen molar-refractivity contribution in [2.24, 2.45) is 0 Å². The fraction of sp³-hybridized carbons (Fsp3) is 0.414. The number of hydrogen-bond acceptors (Lipinski definition) is 10. The zero-order valence-electron chi connectivity index (χ0n) is 23.3. The van der Waals surface area contributed by atoms with Crippen LogP contribution in [0.25, 0.3) is 21.7 Å². The molecule has 10 nitrogen and oxygen atoms in total. The average molecular weight is 563 g/mol. The van der Waals surface area contributed by atoms with Gasteiger partial charge in [-0.3, -0.25) is 14.8 Å². The van der Waals surface area contributed by atoms with Gasteiger partial charge in [-0.2, -0.15) is 0 Å². The number of nitrogens with zero attached hydrogens (tertiary/aromatic N) is 5. The second-order valence-corrected chi connectivity index (χ2v) is 11.0. The average Bonchev–Trinajstić information content (AvgIpc) is 3.25. The zero-order chi connectivity index (χ0) is 28.1. The van der Waals surface area contributed by atoms with Crippen LogP contribution in [0.2, 0.25) is 0 Å². The molecule has 1 saturated heterocycles. The molecule has 0 bridgehead atoms. The summed E-state index contributed by atoms with van der Waals surface area (Å²) in [6.45, 7) is 7.71. The number of ether oxygens (including phenoxy) is 3. The van der Waals surface area contributed by atoms with E-state index in [1.165, 1.54) is 0 Å². The van der Waals surface area contributed by atoms with Gasteiger partial charge in [0.05, 0.1) is 30.4 Å². The number of aromatic nitrogens is 4. The number of thiophene rings is 1. The summed E-state index contributed by atoms with van der Waals surface area (Å²) in [5.74, 6) is 1.63. The Morgan fingerprint density at radius 1 is 1.15 bits per heavy atom. The molecule has 0 aliphatic carbocycles. The number of amides is 1. The van der Waals surface area contributed by atoms with Crippen molar-refractivity contribution < 1.29 is 19.0 Å². The molecule has 1 atom stereocenters. The number of aryl methyl sites for hydroxylation is 3. The van der Waals surface area contributed by atoms with Gasteiger partial charge in [0.1, 0.15) is 28.7 Å². The van der Waals surface area contributed by atoms with Crippen LogP contribution in [0.3, 0.4) is 0 Å². The molecule has 0 aromatic carbocycles. The molecule has 1 N–H and O–H groups in total. The van der Waals surface area contributed by atoms with E-state index in [0.29, 0.717) is 42.0 Å². The van der Waals surface area contributed by atoms with Crippen LogP contribution in [0.5, 0.6) is 5.75 Å². The van der Waals surface area contributed by atoms with E-state index in [-0.39, 0.29) is 18.7 Å². The summed E-state index contributed by atoms with van der Waals surface area (Å²) in [4.78, 5) is 35.2. The van der Waals surface area contributed by atoms with E-state index in [0.717, 1.165) is 52.2 Å². The molecule has 1 aliphatic heterocycles. The number of pyridine rings is 2. The first-order valence-corrected chi connectivity index (χ1v) is 14.2. The maximum absolute atomic E-state index is 12.9. The third kappa shape index (κ3) is 6.72. The minimum absolute atomic E-state index is 0.106. The molecule has 0 saturated carbocycles. The summed E-state index contributed by atoms with van der Waals surface area (Å²) >= 11 is 1.60. The van der Waals surface area contributed by atoms with Crippen LogP contribution in [0.15, 0.2) is 36.7 Å². The number of carbonyl (C=O) groups is 1. The Bertz CT molecular complexity index is 1470. The summed E-state index contributed by atoms with van der Waals surface area (Å²) in [6, 6.07) is 7.33.